The smallest absolute Gasteiger partial charge is 0.253 e. The fraction of sp³-hybridized carbons (Fsp3) is 0.250. The molecule has 0 spiro atoms. The number of methoxy groups -OCH3 is 1. The van der Waals surface area contributed by atoms with Gasteiger partial charge in [-0.25, -0.2) is 0 Å². The zero-order chi connectivity index (χ0) is 20.5. The highest BCUT2D eigenvalue weighted by atomic mass is 32.2. The molecule has 0 aliphatic carbocycles. The lowest BCUT2D eigenvalue weighted by molar-refractivity contribution is -0.118. The molecule has 0 saturated heterocycles. The van der Waals surface area contributed by atoms with Crippen molar-refractivity contribution in [3.63, 3.8) is 0 Å². The molecule has 3 amide bonds. The molecule has 0 heterocycles. The van der Waals surface area contributed by atoms with E-state index in [1.54, 1.807) is 38.3 Å². The average molecular weight is 401 g/mol. The summed E-state index contributed by atoms with van der Waals surface area (Å²) >= 11 is 1.40. The minimum atomic E-state index is -0.494. The van der Waals surface area contributed by atoms with Crippen LogP contribution in [0.25, 0.3) is 0 Å². The quantitative estimate of drug-likeness (QED) is 0.559. The van der Waals surface area contributed by atoms with Crippen LogP contribution in [-0.2, 0) is 9.59 Å². The average Bonchev–Trinajstić information content (AvgIpc) is 2.68. The van der Waals surface area contributed by atoms with Gasteiger partial charge in [-0.3, -0.25) is 14.4 Å². The Balaban J connectivity index is 2.00. The van der Waals surface area contributed by atoms with Gasteiger partial charge in [0.25, 0.3) is 5.91 Å². The molecule has 0 aromatic heterocycles. The van der Waals surface area contributed by atoms with Crippen molar-refractivity contribution in [2.24, 2.45) is 5.73 Å². The number of nitrogens with two attached hydrogens (primary N) is 1. The molecule has 4 N–H and O–H groups in total. The Bertz CT molecular complexity index is 840. The Labute approximate surface area is 168 Å². The van der Waals surface area contributed by atoms with Crippen molar-refractivity contribution in [3.05, 3.63) is 54.1 Å². The number of hydrogen-bond acceptors (Lipinski definition) is 5. The molecule has 8 heteroatoms. The predicted octanol–water partition coefficient (Wildman–Crippen LogP) is 2.42. The van der Waals surface area contributed by atoms with Gasteiger partial charge in [0.05, 0.1) is 23.6 Å². The van der Waals surface area contributed by atoms with Gasteiger partial charge in [0.1, 0.15) is 5.75 Å². The predicted molar refractivity (Wildman–Crippen MR) is 110 cm³/mol. The van der Waals surface area contributed by atoms with Crippen LogP contribution < -0.4 is 21.1 Å². The maximum atomic E-state index is 12.6. The molecule has 2 aromatic carbocycles. The molecule has 0 fully saturated rings. The normalized spacial score (nSPS) is 11.4. The van der Waals surface area contributed by atoms with E-state index in [0.717, 1.165) is 10.6 Å². The van der Waals surface area contributed by atoms with Crippen molar-refractivity contribution in [2.45, 2.75) is 23.5 Å². The fourth-order valence-corrected chi connectivity index (χ4v) is 3.20. The number of ether oxygens (including phenoxy) is 1. The Morgan fingerprint density at radius 2 is 1.79 bits per heavy atom. The van der Waals surface area contributed by atoms with E-state index in [9.17, 15) is 14.4 Å². The van der Waals surface area contributed by atoms with Gasteiger partial charge >= 0.3 is 0 Å². The number of hydrogen-bond donors (Lipinski definition) is 3. The van der Waals surface area contributed by atoms with Crippen molar-refractivity contribution in [3.8, 4) is 5.75 Å². The second-order valence-corrected chi connectivity index (χ2v) is 7.36. The van der Waals surface area contributed by atoms with E-state index < -0.39 is 5.91 Å². The van der Waals surface area contributed by atoms with Crippen LogP contribution in [0.3, 0.4) is 0 Å². The van der Waals surface area contributed by atoms with E-state index in [4.69, 9.17) is 10.5 Å². The van der Waals surface area contributed by atoms with E-state index in [-0.39, 0.29) is 30.0 Å². The van der Waals surface area contributed by atoms with E-state index in [1.807, 2.05) is 24.3 Å². The van der Waals surface area contributed by atoms with Crippen LogP contribution in [0.2, 0.25) is 0 Å². The highest BCUT2D eigenvalue weighted by molar-refractivity contribution is 8.00. The Hall–Kier alpha value is -3.00. The number of rotatable bonds is 9. The van der Waals surface area contributed by atoms with Crippen molar-refractivity contribution in [1.82, 2.24) is 5.32 Å². The molecule has 148 valence electrons. The molecule has 0 aliphatic rings. The van der Waals surface area contributed by atoms with Gasteiger partial charge in [0.2, 0.25) is 11.8 Å². The first kappa shape index (κ1) is 21.3. The largest absolute Gasteiger partial charge is 0.497 e. The maximum absolute atomic E-state index is 12.6. The lowest BCUT2D eigenvalue weighted by atomic mass is 10.1. The van der Waals surface area contributed by atoms with Crippen LogP contribution in [0.15, 0.2) is 53.4 Å². The SMILES string of the molecule is COc1ccc(SC(C)C(=O)Nc2ccccc2C(=O)NCCC(N)=O)cc1. The number of para-hydroxylation sites is 1. The van der Waals surface area contributed by atoms with E-state index >= 15 is 0 Å². The summed E-state index contributed by atoms with van der Waals surface area (Å²) in [6, 6.07) is 14.1. The van der Waals surface area contributed by atoms with Crippen LogP contribution in [0.5, 0.6) is 5.75 Å². The Morgan fingerprint density at radius 1 is 1.11 bits per heavy atom. The molecule has 2 rings (SSSR count). The number of carbonyl (C=O) groups is 3. The number of nitrogens with one attached hydrogen (secondary N) is 2. The van der Waals surface area contributed by atoms with Crippen molar-refractivity contribution in [2.75, 3.05) is 19.0 Å². The third-order valence-electron chi connectivity index (χ3n) is 3.83. The minimum Gasteiger partial charge on any atom is -0.497 e. The molecule has 1 atom stereocenters. The maximum Gasteiger partial charge on any atom is 0.253 e. The van der Waals surface area contributed by atoms with Gasteiger partial charge in [0.15, 0.2) is 0 Å². The van der Waals surface area contributed by atoms with Crippen molar-refractivity contribution >= 4 is 35.2 Å². The zero-order valence-corrected chi connectivity index (χ0v) is 16.5. The monoisotopic (exact) mass is 401 g/mol. The summed E-state index contributed by atoms with van der Waals surface area (Å²) in [5.41, 5.74) is 5.80. The summed E-state index contributed by atoms with van der Waals surface area (Å²) in [7, 11) is 1.60. The summed E-state index contributed by atoms with van der Waals surface area (Å²) in [6.45, 7) is 1.93. The van der Waals surface area contributed by atoms with E-state index in [2.05, 4.69) is 10.6 Å². The molecular weight excluding hydrogens is 378 g/mol. The molecule has 0 radical (unpaired) electrons. The molecule has 2 aromatic rings. The summed E-state index contributed by atoms with van der Waals surface area (Å²) in [4.78, 5) is 36.6. The van der Waals surface area contributed by atoms with Crippen LogP contribution in [0.1, 0.15) is 23.7 Å². The van der Waals surface area contributed by atoms with Crippen LogP contribution in [-0.4, -0.2) is 36.6 Å². The number of thioether (sulfide) groups is 1. The topological polar surface area (TPSA) is 111 Å². The highest BCUT2D eigenvalue weighted by Crippen LogP contribution is 2.26. The fourth-order valence-electron chi connectivity index (χ4n) is 2.33. The van der Waals surface area contributed by atoms with E-state index in [0.29, 0.717) is 11.3 Å². The van der Waals surface area contributed by atoms with Crippen LogP contribution >= 0.6 is 11.8 Å². The van der Waals surface area contributed by atoms with Crippen LogP contribution in [0, 0.1) is 0 Å². The number of primary amides is 1. The first-order valence-corrected chi connectivity index (χ1v) is 9.55. The van der Waals surface area contributed by atoms with Crippen molar-refractivity contribution in [1.29, 1.82) is 0 Å². The lowest BCUT2D eigenvalue weighted by Crippen LogP contribution is -2.29. The van der Waals surface area contributed by atoms with Gasteiger partial charge in [-0.2, -0.15) is 0 Å². The second kappa shape index (κ2) is 10.4. The first-order chi connectivity index (χ1) is 13.4. The number of carbonyl (C=O) groups excluding carboxylic acids is 3. The lowest BCUT2D eigenvalue weighted by Gasteiger charge is -2.15. The minimum absolute atomic E-state index is 0.0514. The molecule has 7 nitrogen and oxygen atoms in total. The summed E-state index contributed by atoms with van der Waals surface area (Å²) in [6.07, 6.45) is 0.0514. The number of benzene rings is 2. The Kier molecular flexibility index (Phi) is 7.88. The molecular formula is C20H23N3O4S. The Morgan fingerprint density at radius 3 is 2.43 bits per heavy atom. The standard InChI is InChI=1S/C20H23N3O4S/c1-13(28-15-9-7-14(27-2)8-10-15)19(25)23-17-6-4-3-5-16(17)20(26)22-12-11-18(21)24/h3-10,13H,11-12H2,1-2H3,(H2,21,24)(H,22,26)(H,23,25). The summed E-state index contributed by atoms with van der Waals surface area (Å²) < 4.78 is 5.13. The molecule has 0 bridgehead atoms. The molecule has 0 aliphatic heterocycles. The second-order valence-electron chi connectivity index (χ2n) is 5.94. The van der Waals surface area contributed by atoms with Gasteiger partial charge in [0, 0.05) is 17.9 Å². The first-order valence-electron chi connectivity index (χ1n) is 8.68. The highest BCUT2D eigenvalue weighted by Gasteiger charge is 2.18. The summed E-state index contributed by atoms with van der Waals surface area (Å²) in [5, 5.41) is 5.04. The van der Waals surface area contributed by atoms with Gasteiger partial charge < -0.3 is 21.1 Å². The third kappa shape index (κ3) is 6.31. The zero-order valence-electron chi connectivity index (χ0n) is 15.7. The van der Waals surface area contributed by atoms with Gasteiger partial charge in [-0.1, -0.05) is 12.1 Å². The number of amides is 3. The number of anilines is 1. The van der Waals surface area contributed by atoms with Gasteiger partial charge in [-0.05, 0) is 43.3 Å². The van der Waals surface area contributed by atoms with Crippen molar-refractivity contribution < 1.29 is 19.1 Å². The third-order valence-corrected chi connectivity index (χ3v) is 4.94. The molecule has 28 heavy (non-hydrogen) atoms. The van der Waals surface area contributed by atoms with Gasteiger partial charge in [-0.15, -0.1) is 11.8 Å². The van der Waals surface area contributed by atoms with Crippen LogP contribution in [0.4, 0.5) is 5.69 Å². The molecule has 0 saturated carbocycles. The summed E-state index contributed by atoms with van der Waals surface area (Å²) in [5.74, 6) is -0.352. The van der Waals surface area contributed by atoms with E-state index in [1.165, 1.54) is 11.8 Å². The molecule has 1 unspecified atom stereocenters.